The first-order valence-corrected chi connectivity index (χ1v) is 6.69. The van der Waals surface area contributed by atoms with Crippen molar-refractivity contribution in [2.24, 2.45) is 0 Å². The number of urea groups is 1. The van der Waals surface area contributed by atoms with E-state index in [9.17, 15) is 14.4 Å². The van der Waals surface area contributed by atoms with Gasteiger partial charge in [-0.2, -0.15) is 0 Å². The van der Waals surface area contributed by atoms with Gasteiger partial charge in [-0.25, -0.2) is 9.69 Å². The average molecular weight is 312 g/mol. The number of barbiturate groups is 1. The standard InChI is InChI=1S/C16H12N2O5/c1-22-11-5-2-4-10(8-11)18-15(20)13(14(19)17-16(18)21)9-12-6-3-7-23-12/h2-9H,1H3,(H,17,19,21)/b13-9-. The molecule has 1 saturated heterocycles. The number of ether oxygens (including phenoxy) is 1. The quantitative estimate of drug-likeness (QED) is 0.691. The lowest BCUT2D eigenvalue weighted by molar-refractivity contribution is -0.122. The number of hydrogen-bond donors (Lipinski definition) is 1. The van der Waals surface area contributed by atoms with Crippen LogP contribution in [0.4, 0.5) is 10.5 Å². The van der Waals surface area contributed by atoms with Crippen LogP contribution in [0.15, 0.2) is 52.7 Å². The average Bonchev–Trinajstić information content (AvgIpc) is 3.04. The molecule has 23 heavy (non-hydrogen) atoms. The molecule has 0 radical (unpaired) electrons. The fourth-order valence-corrected chi connectivity index (χ4v) is 2.16. The number of nitrogens with zero attached hydrogens (tertiary/aromatic N) is 1. The lowest BCUT2D eigenvalue weighted by Crippen LogP contribution is -2.54. The molecule has 0 unspecified atom stereocenters. The van der Waals surface area contributed by atoms with Crippen LogP contribution in [0.5, 0.6) is 5.75 Å². The van der Waals surface area contributed by atoms with E-state index in [-0.39, 0.29) is 5.57 Å². The summed E-state index contributed by atoms with van der Waals surface area (Å²) in [5, 5.41) is 2.13. The van der Waals surface area contributed by atoms with Crippen molar-refractivity contribution >= 4 is 29.6 Å². The van der Waals surface area contributed by atoms with Crippen molar-refractivity contribution < 1.29 is 23.5 Å². The third-order valence-electron chi connectivity index (χ3n) is 3.24. The predicted molar refractivity (Wildman–Crippen MR) is 80.7 cm³/mol. The first-order chi connectivity index (χ1) is 11.1. The molecule has 1 N–H and O–H groups in total. The van der Waals surface area contributed by atoms with E-state index in [0.717, 1.165) is 4.90 Å². The van der Waals surface area contributed by atoms with Gasteiger partial charge in [0.25, 0.3) is 11.8 Å². The highest BCUT2D eigenvalue weighted by Gasteiger charge is 2.37. The zero-order valence-corrected chi connectivity index (χ0v) is 12.1. The Kier molecular flexibility index (Phi) is 3.68. The van der Waals surface area contributed by atoms with E-state index in [1.807, 2.05) is 0 Å². The topological polar surface area (TPSA) is 88.8 Å². The van der Waals surface area contributed by atoms with Crippen molar-refractivity contribution in [2.75, 3.05) is 12.0 Å². The second-order valence-corrected chi connectivity index (χ2v) is 4.67. The van der Waals surface area contributed by atoms with Crippen molar-refractivity contribution in [1.29, 1.82) is 0 Å². The van der Waals surface area contributed by atoms with Gasteiger partial charge in [0.1, 0.15) is 17.1 Å². The Morgan fingerprint density at radius 3 is 2.70 bits per heavy atom. The minimum absolute atomic E-state index is 0.192. The molecule has 0 aliphatic carbocycles. The van der Waals surface area contributed by atoms with Gasteiger partial charge in [-0.15, -0.1) is 0 Å². The summed E-state index contributed by atoms with van der Waals surface area (Å²) >= 11 is 0. The molecule has 0 bridgehead atoms. The Morgan fingerprint density at radius 1 is 1.17 bits per heavy atom. The minimum Gasteiger partial charge on any atom is -0.497 e. The van der Waals surface area contributed by atoms with Crippen LogP contribution in [-0.2, 0) is 9.59 Å². The van der Waals surface area contributed by atoms with Gasteiger partial charge in [0, 0.05) is 6.07 Å². The summed E-state index contributed by atoms with van der Waals surface area (Å²) in [6.45, 7) is 0. The molecule has 3 rings (SSSR count). The SMILES string of the molecule is COc1cccc(N2C(=O)NC(=O)/C(=C/c3ccco3)C2=O)c1. The van der Waals surface area contributed by atoms with Gasteiger partial charge in [-0.3, -0.25) is 14.9 Å². The van der Waals surface area contributed by atoms with Crippen molar-refractivity contribution in [1.82, 2.24) is 5.32 Å². The Balaban J connectivity index is 2.01. The number of furan rings is 1. The van der Waals surface area contributed by atoms with Gasteiger partial charge in [-0.1, -0.05) is 6.07 Å². The zero-order chi connectivity index (χ0) is 16.4. The van der Waals surface area contributed by atoms with Crippen molar-refractivity contribution in [3.63, 3.8) is 0 Å². The fraction of sp³-hybridized carbons (Fsp3) is 0.0625. The number of rotatable bonds is 3. The van der Waals surface area contributed by atoms with E-state index in [4.69, 9.17) is 9.15 Å². The molecular formula is C16H12N2O5. The molecule has 0 saturated carbocycles. The van der Waals surface area contributed by atoms with Gasteiger partial charge < -0.3 is 9.15 Å². The summed E-state index contributed by atoms with van der Waals surface area (Å²) in [7, 11) is 1.48. The molecule has 1 aliphatic rings. The molecular weight excluding hydrogens is 300 g/mol. The summed E-state index contributed by atoms with van der Waals surface area (Å²) in [5.74, 6) is -0.682. The first-order valence-electron chi connectivity index (χ1n) is 6.69. The van der Waals surface area contributed by atoms with E-state index in [2.05, 4.69) is 5.32 Å². The molecule has 1 aromatic carbocycles. The third kappa shape index (κ3) is 2.71. The summed E-state index contributed by atoms with van der Waals surface area (Å²) in [5.41, 5.74) is 0.104. The zero-order valence-electron chi connectivity index (χ0n) is 12.1. The Hall–Kier alpha value is -3.35. The number of amides is 4. The van der Waals surface area contributed by atoms with Crippen LogP contribution in [0, 0.1) is 0 Å². The van der Waals surface area contributed by atoms with E-state index < -0.39 is 17.8 Å². The van der Waals surface area contributed by atoms with Gasteiger partial charge in [0.05, 0.1) is 19.1 Å². The highest BCUT2D eigenvalue weighted by atomic mass is 16.5. The largest absolute Gasteiger partial charge is 0.497 e. The predicted octanol–water partition coefficient (Wildman–Crippen LogP) is 1.95. The molecule has 7 nitrogen and oxygen atoms in total. The van der Waals surface area contributed by atoms with Crippen molar-refractivity contribution in [3.8, 4) is 5.75 Å². The molecule has 0 spiro atoms. The maximum atomic E-state index is 12.6. The smallest absolute Gasteiger partial charge is 0.335 e. The minimum atomic E-state index is -0.815. The fourth-order valence-electron chi connectivity index (χ4n) is 2.16. The van der Waals surface area contributed by atoms with Crippen LogP contribution in [-0.4, -0.2) is 25.0 Å². The maximum Gasteiger partial charge on any atom is 0.335 e. The summed E-state index contributed by atoms with van der Waals surface area (Å²) in [6, 6.07) is 8.83. The molecule has 116 valence electrons. The third-order valence-corrected chi connectivity index (χ3v) is 3.24. The molecule has 1 aromatic heterocycles. The number of anilines is 1. The molecule has 0 atom stereocenters. The van der Waals surface area contributed by atoms with Crippen LogP contribution < -0.4 is 15.0 Å². The summed E-state index contributed by atoms with van der Waals surface area (Å²) in [4.78, 5) is 37.4. The monoisotopic (exact) mass is 312 g/mol. The van der Waals surface area contributed by atoms with E-state index in [1.165, 1.54) is 25.5 Å². The molecule has 2 aromatic rings. The highest BCUT2D eigenvalue weighted by Crippen LogP contribution is 2.25. The molecule has 4 amide bonds. The number of methoxy groups -OCH3 is 1. The Morgan fingerprint density at radius 2 is 2.00 bits per heavy atom. The van der Waals surface area contributed by atoms with E-state index >= 15 is 0 Å². The molecule has 1 aliphatic heterocycles. The van der Waals surface area contributed by atoms with Gasteiger partial charge in [-0.05, 0) is 30.3 Å². The van der Waals surface area contributed by atoms with Crippen LogP contribution >= 0.6 is 0 Å². The molecule has 1 fully saturated rings. The summed E-state index contributed by atoms with van der Waals surface area (Å²) in [6.07, 6.45) is 2.71. The second-order valence-electron chi connectivity index (χ2n) is 4.67. The van der Waals surface area contributed by atoms with Crippen LogP contribution in [0.2, 0.25) is 0 Å². The molecule has 7 heteroatoms. The normalized spacial score (nSPS) is 16.7. The van der Waals surface area contributed by atoms with Crippen LogP contribution in [0.3, 0.4) is 0 Å². The summed E-state index contributed by atoms with van der Waals surface area (Å²) < 4.78 is 10.2. The Labute approximate surface area is 131 Å². The van der Waals surface area contributed by atoms with Crippen molar-refractivity contribution in [2.45, 2.75) is 0 Å². The molecule has 2 heterocycles. The number of carbonyl (C=O) groups is 3. The van der Waals surface area contributed by atoms with E-state index in [0.29, 0.717) is 17.2 Å². The lowest BCUT2D eigenvalue weighted by atomic mass is 10.1. The lowest BCUT2D eigenvalue weighted by Gasteiger charge is -2.26. The first kappa shape index (κ1) is 14.6. The number of imide groups is 2. The number of hydrogen-bond acceptors (Lipinski definition) is 5. The number of benzene rings is 1. The van der Waals surface area contributed by atoms with Gasteiger partial charge in [0.15, 0.2) is 0 Å². The van der Waals surface area contributed by atoms with Gasteiger partial charge in [0.2, 0.25) is 0 Å². The van der Waals surface area contributed by atoms with Crippen molar-refractivity contribution in [3.05, 3.63) is 54.0 Å². The van der Waals surface area contributed by atoms with Gasteiger partial charge >= 0.3 is 6.03 Å². The maximum absolute atomic E-state index is 12.6. The highest BCUT2D eigenvalue weighted by molar-refractivity contribution is 6.39. The van der Waals surface area contributed by atoms with Crippen LogP contribution in [0.1, 0.15) is 5.76 Å². The van der Waals surface area contributed by atoms with E-state index in [1.54, 1.807) is 30.3 Å². The second kappa shape index (κ2) is 5.80. The van der Waals surface area contributed by atoms with Crippen LogP contribution in [0.25, 0.3) is 6.08 Å². The Bertz CT molecular complexity index is 808. The number of nitrogens with one attached hydrogen (secondary N) is 1. The number of carbonyl (C=O) groups excluding carboxylic acids is 3.